The first kappa shape index (κ1) is 23.7. The number of benzene rings is 1. The number of phenols is 1. The summed E-state index contributed by atoms with van der Waals surface area (Å²) in [6, 6.07) is 2.95. The lowest BCUT2D eigenvalue weighted by Crippen LogP contribution is -2.56. The molecule has 3 heterocycles. The summed E-state index contributed by atoms with van der Waals surface area (Å²) in [5.74, 6) is -1.19. The average molecular weight is 460 g/mol. The largest absolute Gasteiger partial charge is 0.508 e. The van der Waals surface area contributed by atoms with Crippen LogP contribution in [0.25, 0.3) is 0 Å². The predicted octanol–water partition coefficient (Wildman–Crippen LogP) is 3.62. The van der Waals surface area contributed by atoms with E-state index in [9.17, 15) is 19.8 Å². The molecule has 3 aliphatic rings. The van der Waals surface area contributed by atoms with Crippen LogP contribution < -0.4 is 10.1 Å². The van der Waals surface area contributed by atoms with Crippen molar-refractivity contribution in [2.24, 2.45) is 11.8 Å². The van der Waals surface area contributed by atoms with Gasteiger partial charge < -0.3 is 29.7 Å². The zero-order valence-electron chi connectivity index (χ0n) is 19.8. The minimum Gasteiger partial charge on any atom is -0.508 e. The number of ketones is 1. The lowest BCUT2D eigenvalue weighted by molar-refractivity contribution is -0.240. The Balaban J connectivity index is 1.83. The Labute approximate surface area is 193 Å². The number of allylic oxidation sites excluding steroid dienone is 1. The van der Waals surface area contributed by atoms with Crippen LogP contribution in [0.15, 0.2) is 23.8 Å². The molecule has 7 atom stereocenters. The Morgan fingerprint density at radius 2 is 1.91 bits per heavy atom. The molecule has 8 nitrogen and oxygen atoms in total. The second-order valence-electron chi connectivity index (χ2n) is 9.81. The summed E-state index contributed by atoms with van der Waals surface area (Å²) in [6.07, 6.45) is 1.55. The topological polar surface area (TPSA) is 114 Å². The molecular weight excluding hydrogens is 426 g/mol. The van der Waals surface area contributed by atoms with Gasteiger partial charge in [-0.25, -0.2) is 0 Å². The van der Waals surface area contributed by atoms with Gasteiger partial charge in [-0.1, -0.05) is 25.5 Å². The third-order valence-electron chi connectivity index (χ3n) is 6.87. The van der Waals surface area contributed by atoms with E-state index in [1.807, 2.05) is 13.8 Å². The molecule has 1 amide bonds. The molecule has 3 N–H and O–H groups in total. The van der Waals surface area contributed by atoms with Gasteiger partial charge in [0.05, 0.1) is 24.0 Å². The molecule has 1 aromatic carbocycles. The number of amides is 1. The van der Waals surface area contributed by atoms with Crippen molar-refractivity contribution < 1.29 is 34.0 Å². The lowest BCUT2D eigenvalue weighted by Gasteiger charge is -2.38. The summed E-state index contributed by atoms with van der Waals surface area (Å²) >= 11 is 0. The first-order valence-electron chi connectivity index (χ1n) is 11.6. The number of anilines is 1. The van der Waals surface area contributed by atoms with Crippen LogP contribution in [0.3, 0.4) is 0 Å². The Morgan fingerprint density at radius 3 is 2.61 bits per heavy atom. The summed E-state index contributed by atoms with van der Waals surface area (Å²) in [4.78, 5) is 26.2. The van der Waals surface area contributed by atoms with Crippen molar-refractivity contribution in [1.29, 1.82) is 0 Å². The number of Topliss-reactive ketones (excluding diaryl/α,β-unsaturated/α-hetero) is 1. The van der Waals surface area contributed by atoms with Crippen molar-refractivity contribution in [2.45, 2.75) is 84.1 Å². The Kier molecular flexibility index (Phi) is 6.28. The van der Waals surface area contributed by atoms with Gasteiger partial charge in [0.15, 0.2) is 17.8 Å². The number of hydrogen-bond donors (Lipinski definition) is 3. The zero-order chi connectivity index (χ0) is 24.1. The van der Waals surface area contributed by atoms with Gasteiger partial charge in [-0.15, -0.1) is 0 Å². The number of aliphatic hydroxyl groups is 1. The van der Waals surface area contributed by atoms with E-state index in [-0.39, 0.29) is 23.6 Å². The molecule has 0 aromatic heterocycles. The lowest BCUT2D eigenvalue weighted by atomic mass is 9.85. The monoisotopic (exact) mass is 459 g/mol. The van der Waals surface area contributed by atoms with Crippen molar-refractivity contribution in [3.63, 3.8) is 0 Å². The van der Waals surface area contributed by atoms with Crippen molar-refractivity contribution in [3.8, 4) is 11.5 Å². The molecule has 3 aliphatic heterocycles. The van der Waals surface area contributed by atoms with Crippen molar-refractivity contribution >= 4 is 17.4 Å². The number of aromatic hydroxyl groups is 1. The number of fused-ring (bicyclic) bond motifs is 1. The maximum absolute atomic E-state index is 13.3. The first-order chi connectivity index (χ1) is 15.5. The Bertz CT molecular complexity index is 989. The smallest absolute Gasteiger partial charge is 0.276 e. The molecule has 0 saturated carbocycles. The van der Waals surface area contributed by atoms with Crippen LogP contribution in [0, 0.1) is 11.8 Å². The molecule has 180 valence electrons. The molecule has 1 aromatic rings. The van der Waals surface area contributed by atoms with E-state index in [1.54, 1.807) is 19.9 Å². The molecule has 0 aliphatic carbocycles. The maximum Gasteiger partial charge on any atom is 0.276 e. The fraction of sp³-hybridized carbons (Fsp3) is 0.600. The van der Waals surface area contributed by atoms with Crippen molar-refractivity contribution in [3.05, 3.63) is 29.3 Å². The highest BCUT2D eigenvalue weighted by Crippen LogP contribution is 2.47. The van der Waals surface area contributed by atoms with Gasteiger partial charge in [-0.3, -0.25) is 9.59 Å². The van der Waals surface area contributed by atoms with E-state index in [0.717, 1.165) is 5.57 Å². The normalized spacial score (nSPS) is 38.4. The number of carbonyl (C=O) groups is 2. The highest BCUT2D eigenvalue weighted by atomic mass is 16.7. The molecule has 0 unspecified atom stereocenters. The van der Waals surface area contributed by atoms with Crippen LogP contribution >= 0.6 is 0 Å². The van der Waals surface area contributed by atoms with Crippen LogP contribution in [0.1, 0.15) is 65.5 Å². The van der Waals surface area contributed by atoms with Crippen LogP contribution in [0.2, 0.25) is 0 Å². The van der Waals surface area contributed by atoms with Gasteiger partial charge in [-0.2, -0.15) is 0 Å². The van der Waals surface area contributed by atoms with Crippen LogP contribution in [0.4, 0.5) is 5.69 Å². The molecule has 8 heteroatoms. The summed E-state index contributed by atoms with van der Waals surface area (Å²) in [6.45, 7) is 9.05. The van der Waals surface area contributed by atoms with Gasteiger partial charge in [0.1, 0.15) is 5.75 Å². The summed E-state index contributed by atoms with van der Waals surface area (Å²) < 4.78 is 18.5. The molecule has 33 heavy (non-hydrogen) atoms. The van der Waals surface area contributed by atoms with Gasteiger partial charge in [-0.05, 0) is 39.7 Å². The Hall–Kier alpha value is -2.42. The number of carbonyl (C=O) groups excluding carboxylic acids is 2. The highest BCUT2D eigenvalue weighted by molar-refractivity contribution is 6.16. The van der Waals surface area contributed by atoms with Gasteiger partial charge >= 0.3 is 0 Å². The van der Waals surface area contributed by atoms with E-state index < -0.39 is 35.9 Å². The third kappa shape index (κ3) is 4.39. The van der Waals surface area contributed by atoms with Gasteiger partial charge in [0, 0.05) is 29.9 Å². The van der Waals surface area contributed by atoms with Crippen LogP contribution in [0.5, 0.6) is 11.5 Å². The van der Waals surface area contributed by atoms with E-state index in [0.29, 0.717) is 36.3 Å². The minimum atomic E-state index is -1.70. The highest BCUT2D eigenvalue weighted by Gasteiger charge is 2.50. The van der Waals surface area contributed by atoms with E-state index in [1.165, 1.54) is 13.0 Å². The van der Waals surface area contributed by atoms with E-state index in [4.69, 9.17) is 14.2 Å². The SMILES string of the molecule is C/C1=C\[C@@H](C)[C@H](O[C@@H]2CC[C@H](O)[C@@H](C)O2)c2cc(O)cc3c2O[C@](C)(C(=O)N3)C(=O)[C@@H](C)C1. The standard InChI is InChI=1S/C25H33NO7/c1-12-8-13(2)21(32-20-7-6-19(28)15(4)31-20)17-10-16(27)11-18-22(17)33-25(5,24(30)26-18)23(29)14(3)9-12/h8,10-11,13-15,19-21,27-28H,6-7,9H2,1-5H3,(H,26,30)/b12-8+/t13-,14+,15-,19+,20-,21+,25+/m1/s1. The first-order valence-corrected chi connectivity index (χ1v) is 11.6. The number of rotatable bonds is 2. The van der Waals surface area contributed by atoms with Gasteiger partial charge in [0.2, 0.25) is 5.60 Å². The fourth-order valence-electron chi connectivity index (χ4n) is 5.04. The summed E-state index contributed by atoms with van der Waals surface area (Å²) in [5.41, 5.74) is 0.118. The molecule has 0 radical (unpaired) electrons. The molecule has 4 rings (SSSR count). The summed E-state index contributed by atoms with van der Waals surface area (Å²) in [7, 11) is 0. The number of nitrogens with one attached hydrogen (secondary N) is 1. The van der Waals surface area contributed by atoms with E-state index >= 15 is 0 Å². The number of phenolic OH excluding ortho intramolecular Hbond substituents is 1. The van der Waals surface area contributed by atoms with Crippen molar-refractivity contribution in [1.82, 2.24) is 0 Å². The second-order valence-corrected chi connectivity index (χ2v) is 9.81. The zero-order valence-corrected chi connectivity index (χ0v) is 19.8. The molecule has 1 saturated heterocycles. The Morgan fingerprint density at radius 1 is 1.18 bits per heavy atom. The quantitative estimate of drug-likeness (QED) is 0.457. The average Bonchev–Trinajstić information content (AvgIpc) is 2.74. The number of aliphatic hydroxyl groups excluding tert-OH is 1. The minimum absolute atomic E-state index is 0.0549. The van der Waals surface area contributed by atoms with E-state index in [2.05, 4.69) is 11.4 Å². The third-order valence-corrected chi connectivity index (χ3v) is 6.87. The van der Waals surface area contributed by atoms with Gasteiger partial charge in [0.25, 0.3) is 5.91 Å². The predicted molar refractivity (Wildman–Crippen MR) is 121 cm³/mol. The molecular formula is C25H33NO7. The molecule has 0 spiro atoms. The summed E-state index contributed by atoms with van der Waals surface area (Å²) in [5, 5.41) is 23.2. The fourth-order valence-corrected chi connectivity index (χ4v) is 5.04. The van der Waals surface area contributed by atoms with Crippen LogP contribution in [-0.2, 0) is 19.1 Å². The molecule has 1 fully saturated rings. The maximum atomic E-state index is 13.3. The van der Waals surface area contributed by atoms with Crippen LogP contribution in [-0.4, -0.2) is 46.0 Å². The van der Waals surface area contributed by atoms with Crippen molar-refractivity contribution in [2.75, 3.05) is 5.32 Å². The number of ether oxygens (including phenoxy) is 3. The number of hydrogen-bond acceptors (Lipinski definition) is 7. The second kappa shape index (κ2) is 8.74. The molecule has 2 bridgehead atoms.